The van der Waals surface area contributed by atoms with Gasteiger partial charge in [0, 0.05) is 29.6 Å². The number of hydrogen-bond acceptors (Lipinski definition) is 10. The van der Waals surface area contributed by atoms with Gasteiger partial charge in [-0.2, -0.15) is 0 Å². The number of anilines is 2. The van der Waals surface area contributed by atoms with E-state index in [0.717, 1.165) is 5.69 Å². The van der Waals surface area contributed by atoms with E-state index in [1.165, 1.54) is 30.8 Å². The lowest BCUT2D eigenvalue weighted by Gasteiger charge is -2.13. The summed E-state index contributed by atoms with van der Waals surface area (Å²) in [5.74, 6) is 0.458. The van der Waals surface area contributed by atoms with E-state index in [4.69, 9.17) is 21.4 Å². The molecule has 10 nitrogen and oxygen atoms in total. The van der Waals surface area contributed by atoms with Gasteiger partial charge in [0.05, 0.1) is 31.7 Å². The average molecular weight is 472 g/mol. The van der Waals surface area contributed by atoms with Crippen molar-refractivity contribution >= 4 is 50.3 Å². The van der Waals surface area contributed by atoms with E-state index in [-0.39, 0.29) is 11.8 Å². The van der Waals surface area contributed by atoms with Crippen LogP contribution < -0.4 is 15.4 Å². The molecule has 32 heavy (non-hydrogen) atoms. The Labute approximate surface area is 191 Å². The van der Waals surface area contributed by atoms with Crippen LogP contribution in [0, 0.1) is 6.92 Å². The average Bonchev–Trinajstić information content (AvgIpc) is 3.18. The molecular weight excluding hydrogens is 454 g/mol. The van der Waals surface area contributed by atoms with E-state index in [1.807, 2.05) is 6.92 Å². The monoisotopic (exact) mass is 471 g/mol. The lowest BCUT2D eigenvalue weighted by atomic mass is 10.0. The number of fused-ring (bicyclic) bond motifs is 1. The molecule has 0 unspecified atom stereocenters. The molecule has 0 bridgehead atoms. The number of thiazole rings is 1. The van der Waals surface area contributed by atoms with E-state index in [0.29, 0.717) is 50.4 Å². The lowest BCUT2D eigenvalue weighted by Crippen LogP contribution is -2.14. The smallest absolute Gasteiger partial charge is 0.259 e. The van der Waals surface area contributed by atoms with Crippen LogP contribution in [0.25, 0.3) is 21.5 Å². The number of pyridine rings is 2. The van der Waals surface area contributed by atoms with Gasteiger partial charge in [-0.15, -0.1) is 0 Å². The molecule has 4 aromatic heterocycles. The zero-order valence-electron chi connectivity index (χ0n) is 17.1. The van der Waals surface area contributed by atoms with Crippen LogP contribution in [-0.4, -0.2) is 56.2 Å². The molecule has 4 heterocycles. The Bertz CT molecular complexity index is 1300. The zero-order valence-corrected chi connectivity index (χ0v) is 18.7. The van der Waals surface area contributed by atoms with E-state index >= 15 is 0 Å². The molecule has 0 saturated heterocycles. The summed E-state index contributed by atoms with van der Waals surface area (Å²) in [6, 6.07) is 3.42. The molecule has 0 atom stereocenters. The van der Waals surface area contributed by atoms with Crippen molar-refractivity contribution in [3.63, 3.8) is 0 Å². The van der Waals surface area contributed by atoms with Crippen molar-refractivity contribution in [2.24, 2.45) is 0 Å². The second-order valence-corrected chi connectivity index (χ2v) is 7.95. The second kappa shape index (κ2) is 9.39. The number of carbonyl (C=O) groups excluding carboxylic acids is 1. The Balaban J connectivity index is 1.67. The summed E-state index contributed by atoms with van der Waals surface area (Å²) in [7, 11) is 1.52. The summed E-state index contributed by atoms with van der Waals surface area (Å²) in [5, 5.41) is 15.3. The first kappa shape index (κ1) is 21.8. The van der Waals surface area contributed by atoms with Crippen molar-refractivity contribution in [1.29, 1.82) is 0 Å². The highest BCUT2D eigenvalue weighted by Crippen LogP contribution is 2.34. The first-order chi connectivity index (χ1) is 15.5. The Morgan fingerprint density at radius 1 is 1.16 bits per heavy atom. The van der Waals surface area contributed by atoms with Crippen LogP contribution in [0.3, 0.4) is 0 Å². The van der Waals surface area contributed by atoms with Gasteiger partial charge in [-0.1, -0.05) is 22.9 Å². The third-order valence-corrected chi connectivity index (χ3v) is 5.48. The quantitative estimate of drug-likeness (QED) is 0.347. The molecule has 3 N–H and O–H groups in total. The first-order valence-electron chi connectivity index (χ1n) is 9.44. The van der Waals surface area contributed by atoms with E-state index in [2.05, 4.69) is 35.6 Å². The third kappa shape index (κ3) is 4.59. The number of aliphatic hydroxyl groups is 1. The van der Waals surface area contributed by atoms with Crippen LogP contribution >= 0.6 is 22.9 Å². The molecule has 1 amide bonds. The maximum atomic E-state index is 13.1. The summed E-state index contributed by atoms with van der Waals surface area (Å²) in [6.07, 6.45) is 4.55. The molecule has 0 fully saturated rings. The van der Waals surface area contributed by atoms with Gasteiger partial charge >= 0.3 is 0 Å². The fraction of sp³-hybridized carbons (Fsp3) is 0.200. The number of hydrogen-bond donors (Lipinski definition) is 3. The molecule has 0 spiro atoms. The Kier molecular flexibility index (Phi) is 6.40. The van der Waals surface area contributed by atoms with Crippen molar-refractivity contribution < 1.29 is 14.6 Å². The SMILES string of the molecule is COc1cnc(Cl)cc1-c1cc(C)ncc1C(=O)Nc1nc2cnc(NCCO)nc2s1. The van der Waals surface area contributed by atoms with E-state index in [1.54, 1.807) is 18.3 Å². The molecule has 0 aliphatic rings. The number of nitrogens with zero attached hydrogens (tertiary/aromatic N) is 5. The van der Waals surface area contributed by atoms with Gasteiger partial charge < -0.3 is 15.2 Å². The molecule has 0 radical (unpaired) electrons. The number of nitrogens with one attached hydrogen (secondary N) is 2. The molecule has 4 rings (SSSR count). The fourth-order valence-electron chi connectivity index (χ4n) is 2.96. The number of aliphatic hydroxyl groups excluding tert-OH is 1. The summed E-state index contributed by atoms with van der Waals surface area (Å²) in [5.41, 5.74) is 2.83. The lowest BCUT2D eigenvalue weighted by molar-refractivity contribution is 0.102. The first-order valence-corrected chi connectivity index (χ1v) is 10.6. The van der Waals surface area contributed by atoms with Gasteiger partial charge in [0.25, 0.3) is 5.91 Å². The van der Waals surface area contributed by atoms with Crippen LogP contribution in [0.5, 0.6) is 5.75 Å². The highest BCUT2D eigenvalue weighted by molar-refractivity contribution is 7.22. The summed E-state index contributed by atoms with van der Waals surface area (Å²) >= 11 is 7.30. The molecular formula is C20H18ClN7O3S. The van der Waals surface area contributed by atoms with Gasteiger partial charge in [-0.3, -0.25) is 15.1 Å². The highest BCUT2D eigenvalue weighted by Gasteiger charge is 2.19. The normalized spacial score (nSPS) is 10.9. The topological polar surface area (TPSA) is 135 Å². The minimum absolute atomic E-state index is 0.0359. The number of carbonyl (C=O) groups is 1. The van der Waals surface area contributed by atoms with E-state index < -0.39 is 5.91 Å². The molecule has 164 valence electrons. The largest absolute Gasteiger partial charge is 0.494 e. The highest BCUT2D eigenvalue weighted by atomic mass is 35.5. The van der Waals surface area contributed by atoms with Crippen LogP contribution in [0.1, 0.15) is 16.1 Å². The third-order valence-electron chi connectivity index (χ3n) is 4.40. The number of methoxy groups -OCH3 is 1. The summed E-state index contributed by atoms with van der Waals surface area (Å²) in [4.78, 5) is 34.9. The van der Waals surface area contributed by atoms with Crippen molar-refractivity contribution in [2.45, 2.75) is 6.92 Å². The number of halogens is 1. The number of rotatable bonds is 7. The van der Waals surface area contributed by atoms with Crippen molar-refractivity contribution in [3.8, 4) is 16.9 Å². The number of aromatic nitrogens is 5. The van der Waals surface area contributed by atoms with Gasteiger partial charge in [0.15, 0.2) is 9.96 Å². The van der Waals surface area contributed by atoms with Crippen molar-refractivity contribution in [1.82, 2.24) is 24.9 Å². The van der Waals surface area contributed by atoms with Gasteiger partial charge in [0.2, 0.25) is 5.95 Å². The number of ether oxygens (including phenoxy) is 1. The molecule has 0 aliphatic heterocycles. The zero-order chi connectivity index (χ0) is 22.7. The maximum Gasteiger partial charge on any atom is 0.259 e. The molecule has 0 aromatic carbocycles. The molecule has 0 saturated carbocycles. The maximum absolute atomic E-state index is 13.1. The second-order valence-electron chi connectivity index (χ2n) is 6.59. The predicted molar refractivity (Wildman–Crippen MR) is 123 cm³/mol. The number of amides is 1. The minimum atomic E-state index is -0.395. The van der Waals surface area contributed by atoms with Crippen LogP contribution in [0.15, 0.2) is 30.7 Å². The van der Waals surface area contributed by atoms with Crippen LogP contribution in [0.4, 0.5) is 11.1 Å². The van der Waals surface area contributed by atoms with E-state index in [9.17, 15) is 4.79 Å². The Hall–Kier alpha value is -3.41. The summed E-state index contributed by atoms with van der Waals surface area (Å²) in [6.45, 7) is 2.13. The fourth-order valence-corrected chi connectivity index (χ4v) is 3.92. The van der Waals surface area contributed by atoms with Gasteiger partial charge in [0.1, 0.15) is 16.4 Å². The molecule has 4 aromatic rings. The molecule has 12 heteroatoms. The minimum Gasteiger partial charge on any atom is -0.494 e. The Morgan fingerprint density at radius 3 is 2.78 bits per heavy atom. The summed E-state index contributed by atoms with van der Waals surface area (Å²) < 4.78 is 5.41. The van der Waals surface area contributed by atoms with Crippen molar-refractivity contribution in [2.75, 3.05) is 30.9 Å². The molecule has 0 aliphatic carbocycles. The van der Waals surface area contributed by atoms with Crippen LogP contribution in [-0.2, 0) is 0 Å². The van der Waals surface area contributed by atoms with Gasteiger partial charge in [-0.25, -0.2) is 19.9 Å². The van der Waals surface area contributed by atoms with Gasteiger partial charge in [-0.05, 0) is 19.1 Å². The van der Waals surface area contributed by atoms with Crippen LogP contribution in [0.2, 0.25) is 5.15 Å². The Morgan fingerprint density at radius 2 is 2.00 bits per heavy atom. The standard InChI is InChI=1S/C20H18ClN7O3S/c1-10-5-11(12-6-16(21)24-9-15(12)31-2)13(7-23-10)17(30)27-20-26-14-8-25-19(22-3-4-29)28-18(14)32-20/h5-9,29H,3-4H2,1-2H3,(H,22,25,28)(H,26,27,30). The van der Waals surface area contributed by atoms with Crippen molar-refractivity contribution in [3.05, 3.63) is 47.1 Å². The number of aryl methyl sites for hydroxylation is 1. The predicted octanol–water partition coefficient (Wildman–Crippen LogP) is 3.17.